The summed E-state index contributed by atoms with van der Waals surface area (Å²) in [5, 5.41) is 11.6. The van der Waals surface area contributed by atoms with E-state index in [9.17, 15) is 9.90 Å². The number of nitrogens with zero attached hydrogens (tertiary/aromatic N) is 1. The Labute approximate surface area is 123 Å². The van der Waals surface area contributed by atoms with Crippen molar-refractivity contribution >= 4 is 16.7 Å². The molecule has 4 heteroatoms. The molecule has 0 unspecified atom stereocenters. The van der Waals surface area contributed by atoms with Crippen LogP contribution in [-0.4, -0.2) is 23.2 Å². The van der Waals surface area contributed by atoms with Crippen molar-refractivity contribution in [1.82, 2.24) is 4.98 Å². The minimum Gasteiger partial charge on any atom is -0.508 e. The van der Waals surface area contributed by atoms with Crippen LogP contribution < -0.4 is 0 Å². The molecular weight excluding hydrogens is 266 g/mol. The second-order valence-corrected chi connectivity index (χ2v) is 5.71. The van der Waals surface area contributed by atoms with Crippen molar-refractivity contribution in [2.45, 2.75) is 32.1 Å². The number of rotatable bonds is 3. The van der Waals surface area contributed by atoms with Crippen LogP contribution in [0.25, 0.3) is 10.8 Å². The van der Waals surface area contributed by atoms with E-state index < -0.39 is 5.97 Å². The fraction of sp³-hybridized carbons (Fsp3) is 0.412. The first-order chi connectivity index (χ1) is 10.2. The lowest BCUT2D eigenvalue weighted by Crippen LogP contribution is -2.09. The maximum atomic E-state index is 11.8. The molecule has 2 aromatic rings. The summed E-state index contributed by atoms with van der Waals surface area (Å²) in [7, 11) is 1.36. The van der Waals surface area contributed by atoms with Gasteiger partial charge in [0.1, 0.15) is 11.4 Å². The predicted molar refractivity (Wildman–Crippen MR) is 80.4 cm³/mol. The Morgan fingerprint density at radius 1 is 1.33 bits per heavy atom. The number of benzene rings is 1. The van der Waals surface area contributed by atoms with Gasteiger partial charge in [0.2, 0.25) is 0 Å². The van der Waals surface area contributed by atoms with Gasteiger partial charge in [-0.2, -0.15) is 0 Å². The molecule has 0 spiro atoms. The van der Waals surface area contributed by atoms with Crippen LogP contribution in [0.15, 0.2) is 24.3 Å². The highest BCUT2D eigenvalue weighted by Crippen LogP contribution is 2.31. The summed E-state index contributed by atoms with van der Waals surface area (Å²) in [6.45, 7) is 0. The number of phenolic OH excluding ortho intramolecular Hbond substituents is 1. The Kier molecular flexibility index (Phi) is 3.78. The van der Waals surface area contributed by atoms with Gasteiger partial charge in [0.25, 0.3) is 0 Å². The second-order valence-electron chi connectivity index (χ2n) is 5.71. The van der Waals surface area contributed by atoms with Gasteiger partial charge >= 0.3 is 5.97 Å². The molecule has 0 radical (unpaired) electrons. The Morgan fingerprint density at radius 2 is 2.10 bits per heavy atom. The Hall–Kier alpha value is -2.10. The molecule has 21 heavy (non-hydrogen) atoms. The molecule has 1 aromatic carbocycles. The standard InChI is InChI=1S/C17H19NO3/c1-21-17(20)16-9-12-6-7-13(19)10-14(12)15(18-16)8-11-4-2-3-5-11/h6-7,9-11,19H,2-5,8H2,1H3. The molecule has 1 saturated carbocycles. The zero-order valence-corrected chi connectivity index (χ0v) is 12.1. The van der Waals surface area contributed by atoms with E-state index in [4.69, 9.17) is 4.74 Å². The molecule has 4 nitrogen and oxygen atoms in total. The van der Waals surface area contributed by atoms with Crippen molar-refractivity contribution in [3.63, 3.8) is 0 Å². The van der Waals surface area contributed by atoms with Gasteiger partial charge in [-0.25, -0.2) is 9.78 Å². The van der Waals surface area contributed by atoms with Crippen molar-refractivity contribution in [3.05, 3.63) is 35.7 Å². The van der Waals surface area contributed by atoms with Gasteiger partial charge in [0, 0.05) is 11.1 Å². The van der Waals surface area contributed by atoms with Crippen LogP contribution in [0, 0.1) is 5.92 Å². The summed E-state index contributed by atoms with van der Waals surface area (Å²) in [6.07, 6.45) is 5.81. The van der Waals surface area contributed by atoms with Crippen molar-refractivity contribution in [2.24, 2.45) is 5.92 Å². The van der Waals surface area contributed by atoms with Gasteiger partial charge in [-0.3, -0.25) is 0 Å². The lowest BCUT2D eigenvalue weighted by atomic mass is 9.97. The highest BCUT2D eigenvalue weighted by Gasteiger charge is 2.19. The molecule has 1 fully saturated rings. The van der Waals surface area contributed by atoms with Gasteiger partial charge in [0.05, 0.1) is 7.11 Å². The van der Waals surface area contributed by atoms with E-state index in [1.807, 2.05) is 6.07 Å². The maximum Gasteiger partial charge on any atom is 0.356 e. The van der Waals surface area contributed by atoms with Crippen molar-refractivity contribution < 1.29 is 14.6 Å². The molecule has 1 aliphatic carbocycles. The summed E-state index contributed by atoms with van der Waals surface area (Å²) < 4.78 is 4.78. The topological polar surface area (TPSA) is 59.4 Å². The highest BCUT2D eigenvalue weighted by molar-refractivity contribution is 5.94. The van der Waals surface area contributed by atoms with Crippen LogP contribution in [0.2, 0.25) is 0 Å². The third-order valence-electron chi connectivity index (χ3n) is 4.25. The SMILES string of the molecule is COC(=O)c1cc2ccc(O)cc2c(CC2CCCC2)n1. The van der Waals surface area contributed by atoms with Gasteiger partial charge in [-0.05, 0) is 35.9 Å². The van der Waals surface area contributed by atoms with E-state index in [1.54, 1.807) is 18.2 Å². The third kappa shape index (κ3) is 2.84. The third-order valence-corrected chi connectivity index (χ3v) is 4.25. The lowest BCUT2D eigenvalue weighted by Gasteiger charge is -2.12. The lowest BCUT2D eigenvalue weighted by molar-refractivity contribution is 0.0594. The zero-order chi connectivity index (χ0) is 14.8. The fourth-order valence-corrected chi connectivity index (χ4v) is 3.16. The molecule has 1 N–H and O–H groups in total. The van der Waals surface area contributed by atoms with Crippen LogP contribution in [0.3, 0.4) is 0 Å². The second kappa shape index (κ2) is 5.72. The van der Waals surface area contributed by atoms with Crippen molar-refractivity contribution in [2.75, 3.05) is 7.11 Å². The smallest absolute Gasteiger partial charge is 0.356 e. The number of carbonyl (C=O) groups is 1. The van der Waals surface area contributed by atoms with Crippen molar-refractivity contribution in [1.29, 1.82) is 0 Å². The van der Waals surface area contributed by atoms with E-state index in [-0.39, 0.29) is 5.75 Å². The molecule has 1 heterocycles. The number of fused-ring (bicyclic) bond motifs is 1. The number of methoxy groups -OCH3 is 1. The van der Waals surface area contributed by atoms with Crippen LogP contribution in [0.4, 0.5) is 0 Å². The molecule has 110 valence electrons. The van der Waals surface area contributed by atoms with Gasteiger partial charge in [-0.15, -0.1) is 0 Å². The van der Waals surface area contributed by atoms with Crippen LogP contribution in [0.5, 0.6) is 5.75 Å². The van der Waals surface area contributed by atoms with Crippen LogP contribution >= 0.6 is 0 Å². The van der Waals surface area contributed by atoms with Gasteiger partial charge in [0.15, 0.2) is 0 Å². The number of pyridine rings is 1. The Morgan fingerprint density at radius 3 is 2.81 bits per heavy atom. The normalized spacial score (nSPS) is 15.5. The molecule has 0 bridgehead atoms. The van der Waals surface area contributed by atoms with Crippen molar-refractivity contribution in [3.8, 4) is 5.75 Å². The molecule has 1 aromatic heterocycles. The predicted octanol–water partition coefficient (Wildman–Crippen LogP) is 3.46. The molecule has 0 saturated heterocycles. The first-order valence-corrected chi connectivity index (χ1v) is 7.38. The molecule has 1 aliphatic rings. The summed E-state index contributed by atoms with van der Waals surface area (Å²) in [5.74, 6) is 0.427. The first kappa shape index (κ1) is 13.9. The fourth-order valence-electron chi connectivity index (χ4n) is 3.16. The Balaban J connectivity index is 2.08. The number of esters is 1. The van der Waals surface area contributed by atoms with Gasteiger partial charge < -0.3 is 9.84 Å². The summed E-state index contributed by atoms with van der Waals surface area (Å²) in [5.41, 5.74) is 1.22. The van der Waals surface area contributed by atoms with E-state index in [2.05, 4.69) is 4.98 Å². The quantitative estimate of drug-likeness (QED) is 0.877. The number of aromatic hydroxyl groups is 1. The van der Waals surface area contributed by atoms with E-state index in [1.165, 1.54) is 32.8 Å². The zero-order valence-electron chi connectivity index (χ0n) is 12.1. The number of ether oxygens (including phenoxy) is 1. The van der Waals surface area contributed by atoms with Gasteiger partial charge in [-0.1, -0.05) is 31.7 Å². The number of aromatic nitrogens is 1. The summed E-state index contributed by atoms with van der Waals surface area (Å²) in [4.78, 5) is 16.3. The Bertz CT molecular complexity index is 675. The average molecular weight is 285 g/mol. The van der Waals surface area contributed by atoms with E-state index >= 15 is 0 Å². The number of phenols is 1. The molecule has 0 atom stereocenters. The largest absolute Gasteiger partial charge is 0.508 e. The van der Waals surface area contributed by atoms with Crippen LogP contribution in [-0.2, 0) is 11.2 Å². The molecule has 0 aliphatic heterocycles. The number of hydrogen-bond acceptors (Lipinski definition) is 4. The molecule has 0 amide bonds. The average Bonchev–Trinajstić information content (AvgIpc) is 2.99. The minimum absolute atomic E-state index is 0.225. The molecular formula is C17H19NO3. The van der Waals surface area contributed by atoms with E-state index in [0.717, 1.165) is 22.9 Å². The van der Waals surface area contributed by atoms with Crippen LogP contribution in [0.1, 0.15) is 41.9 Å². The molecule has 3 rings (SSSR count). The van der Waals surface area contributed by atoms with E-state index in [0.29, 0.717) is 11.6 Å². The summed E-state index contributed by atoms with van der Waals surface area (Å²) >= 11 is 0. The monoisotopic (exact) mass is 285 g/mol. The minimum atomic E-state index is -0.419. The number of hydrogen-bond donors (Lipinski definition) is 1. The highest BCUT2D eigenvalue weighted by atomic mass is 16.5. The first-order valence-electron chi connectivity index (χ1n) is 7.38. The summed E-state index contributed by atoms with van der Waals surface area (Å²) in [6, 6.07) is 6.89. The maximum absolute atomic E-state index is 11.8. The number of carbonyl (C=O) groups excluding carboxylic acids is 1.